The highest BCUT2D eigenvalue weighted by molar-refractivity contribution is 14.0. The molecule has 1 unspecified atom stereocenters. The number of ether oxygens (including phenoxy) is 1. The number of rotatable bonds is 9. The molecule has 0 radical (unpaired) electrons. The molecule has 2 aromatic rings. The molecule has 180 valence electrons. The standard InChI is InChI=1S/C22H30FN7O2.HI/c1-26-21(28-14-22(8-11-31)9-12-32-15-22)27-10-2-3-19-18(13-24)20(25)30(29-19)17-6-4-16(23)5-7-17;/h4-7,31H,2-3,8-12,14-15,25H2,1H3,(H2,26,27,28);1H. The van der Waals surface area contributed by atoms with E-state index in [1.165, 1.54) is 16.8 Å². The summed E-state index contributed by atoms with van der Waals surface area (Å²) >= 11 is 0. The van der Waals surface area contributed by atoms with E-state index in [9.17, 15) is 14.8 Å². The van der Waals surface area contributed by atoms with Crippen LogP contribution in [0.5, 0.6) is 0 Å². The van der Waals surface area contributed by atoms with E-state index < -0.39 is 0 Å². The molecule has 1 aromatic carbocycles. The van der Waals surface area contributed by atoms with Crippen molar-refractivity contribution < 1.29 is 14.2 Å². The second kappa shape index (κ2) is 12.7. The van der Waals surface area contributed by atoms with Crippen molar-refractivity contribution in [3.8, 4) is 11.8 Å². The number of aliphatic hydroxyl groups excluding tert-OH is 1. The number of nitriles is 1. The summed E-state index contributed by atoms with van der Waals surface area (Å²) in [5, 5.41) is 29.9. The van der Waals surface area contributed by atoms with Gasteiger partial charge in [0, 0.05) is 38.8 Å². The van der Waals surface area contributed by atoms with Gasteiger partial charge in [0.05, 0.1) is 18.0 Å². The summed E-state index contributed by atoms with van der Waals surface area (Å²) in [6.07, 6.45) is 2.85. The predicted octanol–water partition coefficient (Wildman–Crippen LogP) is 1.97. The normalized spacial score (nSPS) is 17.9. The van der Waals surface area contributed by atoms with Crippen molar-refractivity contribution in [3.05, 3.63) is 41.3 Å². The lowest BCUT2D eigenvalue weighted by molar-refractivity contribution is 0.127. The highest BCUT2D eigenvalue weighted by Crippen LogP contribution is 2.31. The van der Waals surface area contributed by atoms with Crippen LogP contribution in [0.2, 0.25) is 0 Å². The summed E-state index contributed by atoms with van der Waals surface area (Å²) in [5.41, 5.74) is 7.57. The van der Waals surface area contributed by atoms with Crippen molar-refractivity contribution in [2.24, 2.45) is 10.4 Å². The molecule has 2 heterocycles. The number of aliphatic hydroxyl groups is 1. The Morgan fingerprint density at radius 2 is 2.15 bits per heavy atom. The number of nitrogen functional groups attached to an aromatic ring is 1. The summed E-state index contributed by atoms with van der Waals surface area (Å²) in [6.45, 7) is 2.77. The largest absolute Gasteiger partial charge is 0.396 e. The van der Waals surface area contributed by atoms with Gasteiger partial charge in [-0.05, 0) is 49.9 Å². The molecule has 33 heavy (non-hydrogen) atoms. The van der Waals surface area contributed by atoms with E-state index >= 15 is 0 Å². The van der Waals surface area contributed by atoms with E-state index in [1.807, 2.05) is 0 Å². The smallest absolute Gasteiger partial charge is 0.190 e. The van der Waals surface area contributed by atoms with Gasteiger partial charge in [0.2, 0.25) is 0 Å². The van der Waals surface area contributed by atoms with Gasteiger partial charge in [0.25, 0.3) is 0 Å². The Balaban J connectivity index is 0.00000385. The molecule has 1 saturated heterocycles. The molecule has 1 fully saturated rings. The van der Waals surface area contributed by atoms with Gasteiger partial charge in [0.15, 0.2) is 5.96 Å². The van der Waals surface area contributed by atoms with Crippen LogP contribution < -0.4 is 16.4 Å². The minimum Gasteiger partial charge on any atom is -0.396 e. The molecule has 0 spiro atoms. The Hall–Kier alpha value is -2.43. The molecule has 1 aliphatic rings. The zero-order valence-electron chi connectivity index (χ0n) is 18.7. The Kier molecular flexibility index (Phi) is 10.3. The summed E-state index contributed by atoms with van der Waals surface area (Å²) in [6, 6.07) is 7.91. The van der Waals surface area contributed by atoms with Crippen LogP contribution in [0.25, 0.3) is 5.69 Å². The molecule has 9 nitrogen and oxygen atoms in total. The van der Waals surface area contributed by atoms with Crippen molar-refractivity contribution >= 4 is 35.8 Å². The van der Waals surface area contributed by atoms with E-state index in [0.717, 1.165) is 6.42 Å². The number of aliphatic imine (C=N–C) groups is 1. The van der Waals surface area contributed by atoms with Crippen molar-refractivity contribution in [2.75, 3.05) is 45.7 Å². The third-order valence-electron chi connectivity index (χ3n) is 5.74. The Labute approximate surface area is 210 Å². The minimum atomic E-state index is -0.351. The molecule has 3 rings (SSSR count). The molecule has 1 aromatic heterocycles. The van der Waals surface area contributed by atoms with Gasteiger partial charge in [0.1, 0.15) is 23.3 Å². The highest BCUT2D eigenvalue weighted by atomic mass is 127. The third kappa shape index (κ3) is 6.78. The number of benzene rings is 1. The van der Waals surface area contributed by atoms with Crippen LogP contribution in [-0.4, -0.2) is 60.8 Å². The van der Waals surface area contributed by atoms with Gasteiger partial charge in [-0.25, -0.2) is 9.07 Å². The fraction of sp³-hybridized carbons (Fsp3) is 0.500. The number of halogens is 2. The van der Waals surface area contributed by atoms with Gasteiger partial charge in [-0.1, -0.05) is 0 Å². The first-order chi connectivity index (χ1) is 15.5. The highest BCUT2D eigenvalue weighted by Gasteiger charge is 2.34. The van der Waals surface area contributed by atoms with E-state index in [1.54, 1.807) is 19.2 Å². The van der Waals surface area contributed by atoms with Crippen LogP contribution in [0.3, 0.4) is 0 Å². The van der Waals surface area contributed by atoms with E-state index in [0.29, 0.717) is 68.5 Å². The fourth-order valence-corrected chi connectivity index (χ4v) is 3.82. The first-order valence-corrected chi connectivity index (χ1v) is 10.7. The molecule has 0 amide bonds. The van der Waals surface area contributed by atoms with Crippen LogP contribution in [0.4, 0.5) is 10.2 Å². The monoisotopic (exact) mass is 571 g/mol. The average molecular weight is 571 g/mol. The number of hydrogen-bond donors (Lipinski definition) is 4. The van der Waals surface area contributed by atoms with Gasteiger partial charge >= 0.3 is 0 Å². The van der Waals surface area contributed by atoms with Gasteiger partial charge < -0.3 is 26.2 Å². The minimum absolute atomic E-state index is 0. The molecule has 0 aliphatic carbocycles. The van der Waals surface area contributed by atoms with Crippen molar-refractivity contribution in [1.29, 1.82) is 5.26 Å². The SMILES string of the molecule is CN=C(NCCCc1nn(-c2ccc(F)cc2)c(N)c1C#N)NCC1(CCO)CCOC1.I. The van der Waals surface area contributed by atoms with E-state index in [-0.39, 0.29) is 47.6 Å². The molecule has 0 bridgehead atoms. The molecule has 1 aliphatic heterocycles. The lowest BCUT2D eigenvalue weighted by atomic mass is 9.84. The summed E-state index contributed by atoms with van der Waals surface area (Å²) in [4.78, 5) is 4.25. The zero-order chi connectivity index (χ0) is 23.0. The predicted molar refractivity (Wildman–Crippen MR) is 135 cm³/mol. The number of aromatic nitrogens is 2. The lowest BCUT2D eigenvalue weighted by Crippen LogP contribution is -2.44. The second-order valence-corrected chi connectivity index (χ2v) is 7.94. The molecular formula is C22H31FIN7O2. The van der Waals surface area contributed by atoms with Gasteiger partial charge in [-0.3, -0.25) is 4.99 Å². The Morgan fingerprint density at radius 3 is 2.76 bits per heavy atom. The molecule has 5 N–H and O–H groups in total. The molecular weight excluding hydrogens is 540 g/mol. The third-order valence-corrected chi connectivity index (χ3v) is 5.74. The first kappa shape index (κ1) is 26.8. The Bertz CT molecular complexity index is 966. The fourth-order valence-electron chi connectivity index (χ4n) is 3.82. The van der Waals surface area contributed by atoms with Crippen molar-refractivity contribution in [1.82, 2.24) is 20.4 Å². The van der Waals surface area contributed by atoms with E-state index in [2.05, 4.69) is 26.8 Å². The number of nitrogens with zero attached hydrogens (tertiary/aromatic N) is 4. The summed E-state index contributed by atoms with van der Waals surface area (Å²) in [7, 11) is 1.71. The van der Waals surface area contributed by atoms with Crippen LogP contribution >= 0.6 is 24.0 Å². The topological polar surface area (TPSA) is 134 Å². The van der Waals surface area contributed by atoms with Gasteiger partial charge in [-0.2, -0.15) is 10.4 Å². The Morgan fingerprint density at radius 1 is 1.39 bits per heavy atom. The number of nitrogens with two attached hydrogens (primary N) is 1. The molecule has 1 atom stereocenters. The number of guanidine groups is 1. The number of nitrogens with one attached hydrogen (secondary N) is 2. The quantitative estimate of drug-likeness (QED) is 0.157. The van der Waals surface area contributed by atoms with Crippen LogP contribution in [0.1, 0.15) is 30.5 Å². The van der Waals surface area contributed by atoms with Crippen LogP contribution in [-0.2, 0) is 11.2 Å². The number of hydrogen-bond acceptors (Lipinski definition) is 6. The number of aryl methyl sites for hydroxylation is 1. The van der Waals surface area contributed by atoms with Crippen LogP contribution in [0.15, 0.2) is 29.3 Å². The van der Waals surface area contributed by atoms with Crippen molar-refractivity contribution in [2.45, 2.75) is 25.7 Å². The number of anilines is 1. The lowest BCUT2D eigenvalue weighted by Gasteiger charge is -2.27. The van der Waals surface area contributed by atoms with Crippen LogP contribution in [0, 0.1) is 22.6 Å². The molecule has 0 saturated carbocycles. The van der Waals surface area contributed by atoms with Crippen molar-refractivity contribution in [3.63, 3.8) is 0 Å². The zero-order valence-corrected chi connectivity index (χ0v) is 21.0. The summed E-state index contributed by atoms with van der Waals surface area (Å²) < 4.78 is 20.2. The second-order valence-electron chi connectivity index (χ2n) is 7.94. The van der Waals surface area contributed by atoms with Gasteiger partial charge in [-0.15, -0.1) is 24.0 Å². The maximum Gasteiger partial charge on any atom is 0.190 e. The molecule has 11 heteroatoms. The van der Waals surface area contributed by atoms with E-state index in [4.69, 9.17) is 10.5 Å². The summed E-state index contributed by atoms with van der Waals surface area (Å²) in [5.74, 6) is 0.564. The average Bonchev–Trinajstić information content (AvgIpc) is 3.38. The first-order valence-electron chi connectivity index (χ1n) is 10.7. The maximum absolute atomic E-state index is 13.2. The maximum atomic E-state index is 13.2.